The maximum atomic E-state index is 12.6. The van der Waals surface area contributed by atoms with Crippen molar-refractivity contribution in [3.63, 3.8) is 0 Å². The number of hydrogen-bond donors (Lipinski definition) is 3. The molecule has 0 aliphatic carbocycles. The summed E-state index contributed by atoms with van der Waals surface area (Å²) in [7, 11) is 0. The molecule has 0 bridgehead atoms. The molecule has 0 saturated carbocycles. The van der Waals surface area contributed by atoms with Crippen LogP contribution in [0.5, 0.6) is 0 Å². The summed E-state index contributed by atoms with van der Waals surface area (Å²) in [6, 6.07) is 6.00. The third-order valence-electron chi connectivity index (χ3n) is 5.27. The average molecular weight is 431 g/mol. The van der Waals surface area contributed by atoms with Crippen LogP contribution in [0.15, 0.2) is 24.3 Å². The van der Waals surface area contributed by atoms with Crippen LogP contribution in [-0.2, 0) is 14.3 Å². The Kier molecular flexibility index (Phi) is 6.82. The fraction of sp³-hybridized carbons (Fsp3) is 0.545. The SMILES string of the molecule is CC(C)(C)OC(=O)NC1CCN(C(=O)CC[C@@H]2NC(=O)c3ccccc3NC2=O)CC1. The Morgan fingerprint density at radius 3 is 2.52 bits per heavy atom. The number of carbonyl (C=O) groups excluding carboxylic acids is 4. The number of nitrogens with zero attached hydrogens (tertiary/aromatic N) is 1. The van der Waals surface area contributed by atoms with Gasteiger partial charge in [0.25, 0.3) is 5.91 Å². The van der Waals surface area contributed by atoms with E-state index in [0.717, 1.165) is 0 Å². The third-order valence-corrected chi connectivity index (χ3v) is 5.27. The number of benzene rings is 1. The second kappa shape index (κ2) is 9.36. The van der Waals surface area contributed by atoms with Crippen LogP contribution in [0.2, 0.25) is 0 Å². The van der Waals surface area contributed by atoms with E-state index in [1.165, 1.54) is 0 Å². The van der Waals surface area contributed by atoms with Gasteiger partial charge in [-0.15, -0.1) is 0 Å². The van der Waals surface area contributed by atoms with Gasteiger partial charge in [-0.25, -0.2) is 4.79 Å². The number of alkyl carbamates (subject to hydrolysis) is 1. The zero-order valence-corrected chi connectivity index (χ0v) is 18.2. The number of para-hydroxylation sites is 1. The molecule has 3 rings (SSSR count). The van der Waals surface area contributed by atoms with Crippen LogP contribution in [0.3, 0.4) is 0 Å². The first-order valence-corrected chi connectivity index (χ1v) is 10.6. The standard InChI is InChI=1S/C22H30N4O5/c1-22(2,3)31-21(30)23-14-10-12-26(13-11-14)18(27)9-8-17-20(29)24-16-7-5-4-6-15(16)19(28)25-17/h4-7,14,17H,8-13H2,1-3H3,(H,23,30)(H,24,29)(H,25,28)/t17-/m0/s1. The van der Waals surface area contributed by atoms with E-state index < -0.39 is 17.7 Å². The van der Waals surface area contributed by atoms with Gasteiger partial charge in [0.2, 0.25) is 11.8 Å². The summed E-state index contributed by atoms with van der Waals surface area (Å²) in [5.41, 5.74) is 0.324. The Balaban J connectivity index is 1.45. The molecule has 1 fully saturated rings. The van der Waals surface area contributed by atoms with E-state index in [-0.39, 0.29) is 36.6 Å². The van der Waals surface area contributed by atoms with E-state index in [4.69, 9.17) is 4.74 Å². The molecule has 1 aromatic carbocycles. The summed E-state index contributed by atoms with van der Waals surface area (Å²) >= 11 is 0. The minimum absolute atomic E-state index is 0.0377. The Morgan fingerprint density at radius 1 is 1.16 bits per heavy atom. The Labute approximate surface area is 181 Å². The van der Waals surface area contributed by atoms with Gasteiger partial charge < -0.3 is 25.6 Å². The van der Waals surface area contributed by atoms with Crippen molar-refractivity contribution in [1.82, 2.24) is 15.5 Å². The van der Waals surface area contributed by atoms with E-state index in [1.54, 1.807) is 29.2 Å². The quantitative estimate of drug-likeness (QED) is 0.676. The molecule has 4 amide bonds. The van der Waals surface area contributed by atoms with Crippen LogP contribution in [0, 0.1) is 0 Å². The molecule has 2 heterocycles. The Morgan fingerprint density at radius 2 is 1.84 bits per heavy atom. The highest BCUT2D eigenvalue weighted by Gasteiger charge is 2.30. The van der Waals surface area contributed by atoms with Gasteiger partial charge in [-0.05, 0) is 52.2 Å². The van der Waals surface area contributed by atoms with Crippen molar-refractivity contribution in [3.8, 4) is 0 Å². The number of anilines is 1. The first-order valence-electron chi connectivity index (χ1n) is 10.6. The fourth-order valence-corrected chi connectivity index (χ4v) is 3.69. The molecule has 9 heteroatoms. The molecule has 1 atom stereocenters. The highest BCUT2D eigenvalue weighted by molar-refractivity contribution is 6.09. The van der Waals surface area contributed by atoms with Crippen molar-refractivity contribution in [2.75, 3.05) is 18.4 Å². The molecule has 0 aromatic heterocycles. The number of ether oxygens (including phenoxy) is 1. The molecule has 0 radical (unpaired) electrons. The lowest BCUT2D eigenvalue weighted by Crippen LogP contribution is -2.48. The minimum atomic E-state index is -0.768. The smallest absolute Gasteiger partial charge is 0.407 e. The van der Waals surface area contributed by atoms with Crippen LogP contribution in [0.25, 0.3) is 0 Å². The van der Waals surface area contributed by atoms with Crippen LogP contribution >= 0.6 is 0 Å². The summed E-state index contributed by atoms with van der Waals surface area (Å²) in [5, 5.41) is 8.30. The Hall–Kier alpha value is -3.10. The molecule has 3 N–H and O–H groups in total. The van der Waals surface area contributed by atoms with Crippen LogP contribution in [0.4, 0.5) is 10.5 Å². The molecule has 9 nitrogen and oxygen atoms in total. The molecule has 0 unspecified atom stereocenters. The van der Waals surface area contributed by atoms with Crippen LogP contribution in [0.1, 0.15) is 56.8 Å². The zero-order valence-electron chi connectivity index (χ0n) is 18.2. The van der Waals surface area contributed by atoms with Crippen molar-refractivity contribution in [1.29, 1.82) is 0 Å². The van der Waals surface area contributed by atoms with Gasteiger partial charge in [-0.2, -0.15) is 0 Å². The fourth-order valence-electron chi connectivity index (χ4n) is 3.69. The predicted octanol–water partition coefficient (Wildman–Crippen LogP) is 2.03. The number of rotatable bonds is 4. The van der Waals surface area contributed by atoms with Crippen molar-refractivity contribution in [3.05, 3.63) is 29.8 Å². The topological polar surface area (TPSA) is 117 Å². The van der Waals surface area contributed by atoms with Crippen molar-refractivity contribution >= 4 is 29.5 Å². The van der Waals surface area contributed by atoms with E-state index in [2.05, 4.69) is 16.0 Å². The monoisotopic (exact) mass is 430 g/mol. The first kappa shape index (κ1) is 22.6. The zero-order chi connectivity index (χ0) is 22.6. The number of fused-ring (bicyclic) bond motifs is 1. The number of amides is 4. The summed E-state index contributed by atoms with van der Waals surface area (Å²) in [5.74, 6) is -0.730. The van der Waals surface area contributed by atoms with E-state index in [1.807, 2.05) is 20.8 Å². The summed E-state index contributed by atoms with van der Waals surface area (Å²) < 4.78 is 5.27. The second-order valence-corrected chi connectivity index (χ2v) is 8.90. The van der Waals surface area contributed by atoms with Gasteiger partial charge >= 0.3 is 6.09 Å². The van der Waals surface area contributed by atoms with Crippen LogP contribution in [-0.4, -0.2) is 59.5 Å². The summed E-state index contributed by atoms with van der Waals surface area (Å²) in [6.45, 7) is 6.47. The number of likely N-dealkylation sites (tertiary alicyclic amines) is 1. The van der Waals surface area contributed by atoms with Gasteiger partial charge in [-0.1, -0.05) is 12.1 Å². The molecule has 2 aliphatic rings. The predicted molar refractivity (Wildman–Crippen MR) is 115 cm³/mol. The molecular weight excluding hydrogens is 400 g/mol. The first-order chi connectivity index (χ1) is 14.6. The largest absolute Gasteiger partial charge is 0.444 e. The van der Waals surface area contributed by atoms with Gasteiger partial charge in [0.1, 0.15) is 11.6 Å². The number of hydrogen-bond acceptors (Lipinski definition) is 5. The Bertz CT molecular complexity index is 856. The maximum absolute atomic E-state index is 12.6. The van der Waals surface area contributed by atoms with Crippen molar-refractivity contribution in [2.45, 2.75) is 64.1 Å². The molecule has 0 spiro atoms. The van der Waals surface area contributed by atoms with E-state index in [0.29, 0.717) is 37.2 Å². The molecule has 31 heavy (non-hydrogen) atoms. The van der Waals surface area contributed by atoms with Gasteiger partial charge in [0.15, 0.2) is 0 Å². The van der Waals surface area contributed by atoms with Crippen LogP contribution < -0.4 is 16.0 Å². The van der Waals surface area contributed by atoms with Crippen molar-refractivity contribution < 1.29 is 23.9 Å². The van der Waals surface area contributed by atoms with E-state index >= 15 is 0 Å². The highest BCUT2D eigenvalue weighted by atomic mass is 16.6. The summed E-state index contributed by atoms with van der Waals surface area (Å²) in [6.07, 6.45) is 1.20. The maximum Gasteiger partial charge on any atom is 0.407 e. The van der Waals surface area contributed by atoms with Gasteiger partial charge in [-0.3, -0.25) is 14.4 Å². The second-order valence-electron chi connectivity index (χ2n) is 8.90. The minimum Gasteiger partial charge on any atom is -0.444 e. The number of carbonyl (C=O) groups is 4. The molecule has 1 saturated heterocycles. The number of nitrogens with one attached hydrogen (secondary N) is 3. The molecule has 2 aliphatic heterocycles. The lowest BCUT2D eigenvalue weighted by molar-refractivity contribution is -0.132. The van der Waals surface area contributed by atoms with E-state index in [9.17, 15) is 19.2 Å². The molecule has 168 valence electrons. The molecule has 1 aromatic rings. The highest BCUT2D eigenvalue weighted by Crippen LogP contribution is 2.20. The molecular formula is C22H30N4O5. The summed E-state index contributed by atoms with van der Waals surface area (Å²) in [4.78, 5) is 51.1. The van der Waals surface area contributed by atoms with Gasteiger partial charge in [0, 0.05) is 25.6 Å². The normalized spacial score (nSPS) is 19.6. The van der Waals surface area contributed by atoms with Gasteiger partial charge in [0.05, 0.1) is 11.3 Å². The lowest BCUT2D eigenvalue weighted by atomic mass is 10.0. The lowest BCUT2D eigenvalue weighted by Gasteiger charge is -2.33. The number of piperidine rings is 1. The average Bonchev–Trinajstić information content (AvgIpc) is 2.81. The van der Waals surface area contributed by atoms with Crippen molar-refractivity contribution in [2.24, 2.45) is 0 Å². The third kappa shape index (κ3) is 6.19.